The van der Waals surface area contributed by atoms with Crippen LogP contribution in [0.1, 0.15) is 49.4 Å². The second kappa shape index (κ2) is 8.06. The van der Waals surface area contributed by atoms with Gasteiger partial charge in [0.05, 0.1) is 4.90 Å². The zero-order valence-electron chi connectivity index (χ0n) is 15.4. The predicted octanol–water partition coefficient (Wildman–Crippen LogP) is 2.06. The second-order valence-electron chi connectivity index (χ2n) is 7.49. The fourth-order valence-electron chi connectivity index (χ4n) is 3.96. The van der Waals surface area contributed by atoms with Crippen LogP contribution < -0.4 is 5.73 Å². The highest BCUT2D eigenvalue weighted by atomic mass is 32.2. The number of benzene rings is 1. The Balaban J connectivity index is 1.74. The van der Waals surface area contributed by atoms with Gasteiger partial charge < -0.3 is 10.6 Å². The Kier molecular flexibility index (Phi) is 5.99. The number of hydrogen-bond acceptors (Lipinski definition) is 4. The minimum Gasteiger partial charge on any atom is -0.336 e. The quantitative estimate of drug-likeness (QED) is 0.868. The molecular formula is C19H29N3O3S. The average molecular weight is 380 g/mol. The molecule has 0 radical (unpaired) electrons. The van der Waals surface area contributed by atoms with Crippen LogP contribution in [-0.2, 0) is 10.0 Å². The van der Waals surface area contributed by atoms with E-state index in [1.54, 1.807) is 28.6 Å². The Hall–Kier alpha value is -1.44. The van der Waals surface area contributed by atoms with Gasteiger partial charge in [0.1, 0.15) is 0 Å². The van der Waals surface area contributed by atoms with Gasteiger partial charge in [-0.3, -0.25) is 4.79 Å². The number of rotatable bonds is 4. The maximum atomic E-state index is 12.8. The summed E-state index contributed by atoms with van der Waals surface area (Å²) in [5.41, 5.74) is 6.27. The summed E-state index contributed by atoms with van der Waals surface area (Å²) >= 11 is 0. The molecule has 2 saturated heterocycles. The van der Waals surface area contributed by atoms with E-state index >= 15 is 0 Å². The summed E-state index contributed by atoms with van der Waals surface area (Å²) in [5, 5.41) is 0. The Morgan fingerprint density at radius 2 is 1.73 bits per heavy atom. The predicted molar refractivity (Wildman–Crippen MR) is 101 cm³/mol. The summed E-state index contributed by atoms with van der Waals surface area (Å²) in [5.74, 6) is 0.295. The van der Waals surface area contributed by atoms with Crippen LogP contribution in [0.4, 0.5) is 0 Å². The molecule has 2 fully saturated rings. The van der Waals surface area contributed by atoms with Crippen LogP contribution in [0.3, 0.4) is 0 Å². The van der Waals surface area contributed by atoms with Crippen molar-refractivity contribution in [2.75, 3.05) is 26.2 Å². The van der Waals surface area contributed by atoms with Gasteiger partial charge in [-0.1, -0.05) is 12.8 Å². The van der Waals surface area contributed by atoms with Gasteiger partial charge in [-0.15, -0.1) is 0 Å². The lowest BCUT2D eigenvalue weighted by Gasteiger charge is -2.22. The van der Waals surface area contributed by atoms with Gasteiger partial charge in [-0.25, -0.2) is 8.42 Å². The second-order valence-corrected chi connectivity index (χ2v) is 9.42. The molecule has 2 aliphatic rings. The van der Waals surface area contributed by atoms with Gasteiger partial charge >= 0.3 is 0 Å². The first-order valence-corrected chi connectivity index (χ1v) is 11.0. The number of nitrogens with zero attached hydrogens (tertiary/aromatic N) is 2. The van der Waals surface area contributed by atoms with Crippen LogP contribution in [-0.4, -0.2) is 55.8 Å². The molecule has 2 unspecified atom stereocenters. The largest absolute Gasteiger partial charge is 0.336 e. The Morgan fingerprint density at radius 3 is 2.27 bits per heavy atom. The van der Waals surface area contributed by atoms with Crippen molar-refractivity contribution in [1.29, 1.82) is 0 Å². The van der Waals surface area contributed by atoms with Gasteiger partial charge in [-0.2, -0.15) is 4.31 Å². The zero-order valence-corrected chi connectivity index (χ0v) is 16.2. The molecule has 3 rings (SSSR count). The van der Waals surface area contributed by atoms with Gasteiger partial charge in [0.15, 0.2) is 0 Å². The SMILES string of the molecule is CC1CC(CN)CN1C(=O)c1ccc(S(=O)(=O)N2CCCCCC2)cc1. The Bertz CT molecular complexity index is 725. The number of nitrogens with two attached hydrogens (primary N) is 1. The van der Waals surface area contributed by atoms with Crippen LogP contribution in [0.2, 0.25) is 0 Å². The van der Waals surface area contributed by atoms with Crippen molar-refractivity contribution in [1.82, 2.24) is 9.21 Å². The number of amides is 1. The fraction of sp³-hybridized carbons (Fsp3) is 0.632. The molecule has 7 heteroatoms. The Morgan fingerprint density at radius 1 is 1.12 bits per heavy atom. The highest BCUT2D eigenvalue weighted by Crippen LogP contribution is 2.25. The third-order valence-electron chi connectivity index (χ3n) is 5.56. The minimum atomic E-state index is -3.48. The average Bonchev–Trinajstić information content (AvgIpc) is 2.85. The molecule has 2 atom stereocenters. The highest BCUT2D eigenvalue weighted by Gasteiger charge is 2.32. The number of carbonyl (C=O) groups excluding carboxylic acids is 1. The van der Waals surface area contributed by atoms with Crippen molar-refractivity contribution in [3.63, 3.8) is 0 Å². The molecule has 144 valence electrons. The van der Waals surface area contributed by atoms with E-state index in [1.807, 2.05) is 11.8 Å². The minimum absolute atomic E-state index is 0.0489. The van der Waals surface area contributed by atoms with Crippen LogP contribution in [0.15, 0.2) is 29.2 Å². The molecule has 1 amide bonds. The molecule has 0 spiro atoms. The highest BCUT2D eigenvalue weighted by molar-refractivity contribution is 7.89. The molecule has 26 heavy (non-hydrogen) atoms. The van der Waals surface area contributed by atoms with Gasteiger partial charge in [0.25, 0.3) is 5.91 Å². The molecule has 1 aromatic rings. The molecule has 1 aromatic carbocycles. The summed E-state index contributed by atoms with van der Waals surface area (Å²) in [6, 6.07) is 6.56. The first-order chi connectivity index (χ1) is 12.4. The number of sulfonamides is 1. The summed E-state index contributed by atoms with van der Waals surface area (Å²) in [6.45, 7) is 4.45. The third-order valence-corrected chi connectivity index (χ3v) is 7.47. The molecule has 2 heterocycles. The summed E-state index contributed by atoms with van der Waals surface area (Å²) < 4.78 is 27.2. The monoisotopic (exact) mass is 379 g/mol. The van der Waals surface area contributed by atoms with E-state index in [0.29, 0.717) is 37.7 Å². The maximum absolute atomic E-state index is 12.8. The van der Waals surface area contributed by atoms with Crippen molar-refractivity contribution in [3.05, 3.63) is 29.8 Å². The summed E-state index contributed by atoms with van der Waals surface area (Å²) in [7, 11) is -3.48. The summed E-state index contributed by atoms with van der Waals surface area (Å²) in [6.07, 6.45) is 4.90. The molecule has 0 aromatic heterocycles. The van der Waals surface area contributed by atoms with Gasteiger partial charge in [-0.05, 0) is 62.9 Å². The van der Waals surface area contributed by atoms with Crippen LogP contribution in [0, 0.1) is 5.92 Å². The maximum Gasteiger partial charge on any atom is 0.254 e. The Labute approximate surface area is 156 Å². The standard InChI is InChI=1S/C19H29N3O3S/c1-15-12-16(13-20)14-22(15)19(23)17-6-8-18(9-7-17)26(24,25)21-10-4-2-3-5-11-21/h6-9,15-16H,2-5,10-14,20H2,1H3. The van der Waals surface area contributed by atoms with Crippen LogP contribution in [0.25, 0.3) is 0 Å². The van der Waals surface area contributed by atoms with Gasteiger partial charge in [0, 0.05) is 31.2 Å². The normalized spacial score (nSPS) is 25.2. The van der Waals surface area contributed by atoms with Gasteiger partial charge in [0.2, 0.25) is 10.0 Å². The van der Waals surface area contributed by atoms with E-state index in [0.717, 1.165) is 32.1 Å². The van der Waals surface area contributed by atoms with Crippen molar-refractivity contribution in [2.45, 2.75) is 50.0 Å². The van der Waals surface area contributed by atoms with Crippen molar-refractivity contribution < 1.29 is 13.2 Å². The lowest BCUT2D eigenvalue weighted by molar-refractivity contribution is 0.0743. The number of hydrogen-bond donors (Lipinski definition) is 1. The lowest BCUT2D eigenvalue weighted by Crippen LogP contribution is -2.34. The van der Waals surface area contributed by atoms with Crippen molar-refractivity contribution in [3.8, 4) is 0 Å². The molecule has 0 bridgehead atoms. The fourth-order valence-corrected chi connectivity index (χ4v) is 5.48. The molecule has 0 saturated carbocycles. The first kappa shape index (κ1) is 19.3. The van der Waals surface area contributed by atoms with Crippen LogP contribution >= 0.6 is 0 Å². The number of likely N-dealkylation sites (tertiary alicyclic amines) is 1. The smallest absolute Gasteiger partial charge is 0.254 e. The zero-order chi connectivity index (χ0) is 18.7. The molecular weight excluding hydrogens is 350 g/mol. The molecule has 0 aliphatic carbocycles. The van der Waals surface area contributed by atoms with Crippen molar-refractivity contribution >= 4 is 15.9 Å². The molecule has 6 nitrogen and oxygen atoms in total. The number of carbonyl (C=O) groups is 1. The lowest BCUT2D eigenvalue weighted by atomic mass is 10.1. The van der Waals surface area contributed by atoms with Crippen LogP contribution in [0.5, 0.6) is 0 Å². The van der Waals surface area contributed by atoms with E-state index in [2.05, 4.69) is 0 Å². The third kappa shape index (κ3) is 3.94. The van der Waals surface area contributed by atoms with E-state index in [4.69, 9.17) is 5.73 Å². The van der Waals surface area contributed by atoms with Crippen molar-refractivity contribution in [2.24, 2.45) is 11.7 Å². The molecule has 2 aliphatic heterocycles. The summed E-state index contributed by atoms with van der Waals surface area (Å²) in [4.78, 5) is 14.9. The van der Waals surface area contributed by atoms with E-state index in [-0.39, 0.29) is 16.8 Å². The van der Waals surface area contributed by atoms with E-state index < -0.39 is 10.0 Å². The van der Waals surface area contributed by atoms with E-state index in [1.165, 1.54) is 0 Å². The molecule has 2 N–H and O–H groups in total. The van der Waals surface area contributed by atoms with E-state index in [9.17, 15) is 13.2 Å². The first-order valence-electron chi connectivity index (χ1n) is 9.54. The topological polar surface area (TPSA) is 83.7 Å².